The van der Waals surface area contributed by atoms with E-state index in [1.54, 1.807) is 0 Å². The van der Waals surface area contributed by atoms with E-state index < -0.39 is 11.6 Å². The molecule has 20 heavy (non-hydrogen) atoms. The molecule has 0 unspecified atom stereocenters. The van der Waals surface area contributed by atoms with Gasteiger partial charge in [-0.2, -0.15) is 4.39 Å². The van der Waals surface area contributed by atoms with Crippen molar-refractivity contribution in [2.45, 2.75) is 0 Å². The second-order valence-corrected chi connectivity index (χ2v) is 4.55. The van der Waals surface area contributed by atoms with Crippen LogP contribution < -0.4 is 10.5 Å². The normalized spacial score (nSPS) is 11.4. The Bertz CT molecular complexity index is 680. The Morgan fingerprint density at radius 2 is 2.10 bits per heavy atom. The maximum Gasteiger partial charge on any atom is 0.201 e. The highest BCUT2D eigenvalue weighted by Crippen LogP contribution is 2.30. The van der Waals surface area contributed by atoms with Gasteiger partial charge in [0.2, 0.25) is 5.82 Å². The molecule has 0 radical (unpaired) electrons. The van der Waals surface area contributed by atoms with Crippen LogP contribution in [0, 0.1) is 11.6 Å². The maximum absolute atomic E-state index is 13.6. The van der Waals surface area contributed by atoms with Gasteiger partial charge < -0.3 is 15.7 Å². The first-order valence-electron chi connectivity index (χ1n) is 5.28. The average Bonchev–Trinajstić information content (AvgIpc) is 2.44. The molecule has 0 saturated carbocycles. The van der Waals surface area contributed by atoms with E-state index in [0.29, 0.717) is 4.47 Å². The maximum atomic E-state index is 13.6. The number of nitrogens with zero attached hydrogens (tertiary/aromatic N) is 2. The molecule has 0 bridgehead atoms. The van der Waals surface area contributed by atoms with Gasteiger partial charge in [0.25, 0.3) is 0 Å². The van der Waals surface area contributed by atoms with Crippen LogP contribution in [0.2, 0.25) is 0 Å². The van der Waals surface area contributed by atoms with E-state index in [4.69, 9.17) is 15.7 Å². The average molecular weight is 344 g/mol. The highest BCUT2D eigenvalue weighted by atomic mass is 79.9. The fourth-order valence-corrected chi connectivity index (χ4v) is 1.85. The van der Waals surface area contributed by atoms with Crippen molar-refractivity contribution in [2.75, 3.05) is 0 Å². The molecule has 104 valence electrons. The summed E-state index contributed by atoms with van der Waals surface area (Å²) in [5, 5.41) is 11.4. The number of amidine groups is 1. The van der Waals surface area contributed by atoms with Gasteiger partial charge >= 0.3 is 0 Å². The minimum absolute atomic E-state index is 0.00906. The van der Waals surface area contributed by atoms with Crippen LogP contribution in [-0.2, 0) is 0 Å². The predicted molar refractivity (Wildman–Crippen MR) is 70.9 cm³/mol. The molecule has 0 aliphatic rings. The molecule has 0 aliphatic carbocycles. The summed E-state index contributed by atoms with van der Waals surface area (Å²) in [5.41, 5.74) is 5.44. The molecule has 2 aromatic rings. The number of pyridine rings is 1. The summed E-state index contributed by atoms with van der Waals surface area (Å²) < 4.78 is 32.5. The molecule has 0 aliphatic heterocycles. The van der Waals surface area contributed by atoms with Gasteiger partial charge in [-0.15, -0.1) is 0 Å². The second kappa shape index (κ2) is 5.83. The molecule has 3 N–H and O–H groups in total. The second-order valence-electron chi connectivity index (χ2n) is 3.64. The van der Waals surface area contributed by atoms with Gasteiger partial charge in [0.15, 0.2) is 28.8 Å². The molecular formula is C12H8BrF2N3O2. The number of halogens is 3. The summed E-state index contributed by atoms with van der Waals surface area (Å²) in [7, 11) is 0. The summed E-state index contributed by atoms with van der Waals surface area (Å²) in [4.78, 5) is 3.85. The van der Waals surface area contributed by atoms with Crippen LogP contribution >= 0.6 is 15.9 Å². The Hall–Kier alpha value is -2.22. The molecule has 1 aromatic carbocycles. The quantitative estimate of drug-likeness (QED) is 0.295. The Morgan fingerprint density at radius 3 is 2.80 bits per heavy atom. The van der Waals surface area contributed by atoms with Crippen LogP contribution in [0.4, 0.5) is 8.78 Å². The van der Waals surface area contributed by atoms with Gasteiger partial charge in [0.1, 0.15) is 0 Å². The van der Waals surface area contributed by atoms with E-state index in [2.05, 4.69) is 26.1 Å². The number of rotatable bonds is 3. The molecule has 0 saturated heterocycles. The van der Waals surface area contributed by atoms with E-state index in [1.165, 1.54) is 24.4 Å². The molecule has 8 heteroatoms. The van der Waals surface area contributed by atoms with E-state index in [1.807, 2.05) is 0 Å². The molecule has 1 aromatic heterocycles. The fraction of sp³-hybridized carbons (Fsp3) is 0. The van der Waals surface area contributed by atoms with Crippen molar-refractivity contribution in [1.82, 2.24) is 4.98 Å². The summed E-state index contributed by atoms with van der Waals surface area (Å²) in [6, 6.07) is 5.16. The first kappa shape index (κ1) is 14.2. The lowest BCUT2D eigenvalue weighted by molar-refractivity contribution is 0.318. The van der Waals surface area contributed by atoms with E-state index in [0.717, 1.165) is 6.07 Å². The van der Waals surface area contributed by atoms with Crippen LogP contribution in [-0.4, -0.2) is 16.0 Å². The first-order valence-corrected chi connectivity index (χ1v) is 6.07. The standard InChI is InChI=1S/C12H8BrF2N3O2/c13-6-4-7(14)10(15)9(5-6)20-8-2-1-3-17-11(8)12(16)18-19/h1-5,19H,(H2,16,18). The number of hydrogen-bond acceptors (Lipinski definition) is 4. The van der Waals surface area contributed by atoms with Crippen molar-refractivity contribution >= 4 is 21.8 Å². The number of ether oxygens (including phenoxy) is 1. The lowest BCUT2D eigenvalue weighted by Crippen LogP contribution is -2.16. The van der Waals surface area contributed by atoms with Crippen molar-refractivity contribution in [3.05, 3.63) is 52.3 Å². The number of hydrogen-bond donors (Lipinski definition) is 2. The third kappa shape index (κ3) is 2.85. The van der Waals surface area contributed by atoms with Crippen molar-refractivity contribution in [2.24, 2.45) is 10.9 Å². The zero-order valence-corrected chi connectivity index (χ0v) is 11.4. The molecule has 2 rings (SSSR count). The Labute approximate surface area is 120 Å². The summed E-state index contributed by atoms with van der Waals surface area (Å²) >= 11 is 3.03. The number of aromatic nitrogens is 1. The smallest absolute Gasteiger partial charge is 0.201 e. The highest BCUT2D eigenvalue weighted by molar-refractivity contribution is 9.10. The molecular weight excluding hydrogens is 336 g/mol. The zero-order chi connectivity index (χ0) is 14.7. The Balaban J connectivity index is 2.46. The van der Waals surface area contributed by atoms with Crippen LogP contribution in [0.15, 0.2) is 40.1 Å². The lowest BCUT2D eigenvalue weighted by Gasteiger charge is -2.10. The minimum atomic E-state index is -1.15. The molecule has 5 nitrogen and oxygen atoms in total. The molecule has 1 heterocycles. The Morgan fingerprint density at radius 1 is 1.35 bits per heavy atom. The first-order chi connectivity index (χ1) is 9.52. The van der Waals surface area contributed by atoms with E-state index in [9.17, 15) is 8.78 Å². The fourth-order valence-electron chi connectivity index (χ4n) is 1.44. The van der Waals surface area contributed by atoms with Crippen LogP contribution in [0.3, 0.4) is 0 Å². The number of benzene rings is 1. The molecule has 0 spiro atoms. The molecule has 0 atom stereocenters. The van der Waals surface area contributed by atoms with Crippen molar-refractivity contribution < 1.29 is 18.7 Å². The summed E-state index contributed by atoms with van der Waals surface area (Å²) in [5.74, 6) is -2.85. The monoisotopic (exact) mass is 343 g/mol. The van der Waals surface area contributed by atoms with Gasteiger partial charge in [0, 0.05) is 10.7 Å². The number of nitrogens with two attached hydrogens (primary N) is 1. The number of oxime groups is 1. The highest BCUT2D eigenvalue weighted by Gasteiger charge is 2.16. The van der Waals surface area contributed by atoms with E-state index >= 15 is 0 Å². The van der Waals surface area contributed by atoms with Gasteiger partial charge in [-0.25, -0.2) is 9.37 Å². The minimum Gasteiger partial charge on any atom is -0.452 e. The van der Waals surface area contributed by atoms with Gasteiger partial charge in [-0.1, -0.05) is 21.1 Å². The van der Waals surface area contributed by atoms with Crippen molar-refractivity contribution in [3.63, 3.8) is 0 Å². The third-order valence-electron chi connectivity index (χ3n) is 2.30. The SMILES string of the molecule is N/C(=N/O)c1ncccc1Oc1cc(Br)cc(F)c1F. The Kier molecular flexibility index (Phi) is 4.14. The van der Waals surface area contributed by atoms with Crippen molar-refractivity contribution in [1.29, 1.82) is 0 Å². The third-order valence-corrected chi connectivity index (χ3v) is 2.76. The lowest BCUT2D eigenvalue weighted by atomic mass is 10.3. The van der Waals surface area contributed by atoms with E-state index in [-0.39, 0.29) is 23.0 Å². The van der Waals surface area contributed by atoms with Crippen molar-refractivity contribution in [3.8, 4) is 11.5 Å². The summed E-state index contributed by atoms with van der Waals surface area (Å²) in [6.07, 6.45) is 1.39. The largest absolute Gasteiger partial charge is 0.452 e. The van der Waals surface area contributed by atoms with Gasteiger partial charge in [-0.3, -0.25) is 0 Å². The molecule has 0 fully saturated rings. The van der Waals surface area contributed by atoms with Crippen LogP contribution in [0.1, 0.15) is 5.69 Å². The zero-order valence-electron chi connectivity index (χ0n) is 9.85. The summed E-state index contributed by atoms with van der Waals surface area (Å²) in [6.45, 7) is 0. The van der Waals surface area contributed by atoms with Gasteiger partial charge in [0.05, 0.1) is 0 Å². The predicted octanol–water partition coefficient (Wildman–Crippen LogP) is 3.01. The van der Waals surface area contributed by atoms with Gasteiger partial charge in [-0.05, 0) is 24.3 Å². The topological polar surface area (TPSA) is 80.7 Å². The molecule has 0 amide bonds. The van der Waals surface area contributed by atoms with Crippen LogP contribution in [0.25, 0.3) is 0 Å². The van der Waals surface area contributed by atoms with Crippen LogP contribution in [0.5, 0.6) is 11.5 Å².